The number of rotatable bonds is 5. The lowest BCUT2D eigenvalue weighted by molar-refractivity contribution is -0.127. The van der Waals surface area contributed by atoms with Gasteiger partial charge < -0.3 is 9.88 Å². The Morgan fingerprint density at radius 1 is 1.16 bits per heavy atom. The highest BCUT2D eigenvalue weighted by atomic mass is 79.9. The zero-order valence-electron chi connectivity index (χ0n) is 16.0. The number of nitriles is 1. The molecule has 1 fully saturated rings. The van der Waals surface area contributed by atoms with Crippen molar-refractivity contribution < 1.29 is 14.4 Å². The van der Waals surface area contributed by atoms with E-state index >= 15 is 0 Å². The summed E-state index contributed by atoms with van der Waals surface area (Å²) in [4.78, 5) is 38.7. The Hall–Kier alpha value is -3.35. The van der Waals surface area contributed by atoms with Crippen LogP contribution in [-0.4, -0.2) is 33.1 Å². The van der Waals surface area contributed by atoms with E-state index in [9.17, 15) is 14.4 Å². The lowest BCUT2D eigenvalue weighted by Crippen LogP contribution is -2.36. The van der Waals surface area contributed by atoms with E-state index in [0.717, 1.165) is 37.6 Å². The third-order valence-corrected chi connectivity index (χ3v) is 6.09. The van der Waals surface area contributed by atoms with E-state index in [1.165, 1.54) is 0 Å². The molecule has 2 aromatic carbocycles. The number of para-hydroxylation sites is 1. The van der Waals surface area contributed by atoms with Gasteiger partial charge in [0.2, 0.25) is 5.91 Å². The van der Waals surface area contributed by atoms with Crippen molar-refractivity contribution in [2.24, 2.45) is 0 Å². The number of hydrogen-bond donors (Lipinski definition) is 1. The lowest BCUT2D eigenvalue weighted by atomic mass is 10.1. The third kappa shape index (κ3) is 4.40. The van der Waals surface area contributed by atoms with Gasteiger partial charge in [-0.25, -0.2) is 0 Å². The Balaban J connectivity index is 1.54. The molecule has 154 valence electrons. The predicted octanol–water partition coefficient (Wildman–Crippen LogP) is 4.60. The van der Waals surface area contributed by atoms with E-state index in [0.29, 0.717) is 5.69 Å². The van der Waals surface area contributed by atoms with Crippen LogP contribution in [0.1, 0.15) is 5.56 Å². The fourth-order valence-electron chi connectivity index (χ4n) is 3.25. The first kappa shape index (κ1) is 20.9. The maximum atomic E-state index is 12.8. The minimum absolute atomic E-state index is 0.173. The fourth-order valence-corrected chi connectivity index (χ4v) is 4.35. The van der Waals surface area contributed by atoms with E-state index < -0.39 is 17.1 Å². The van der Waals surface area contributed by atoms with Gasteiger partial charge in [0.05, 0.1) is 11.0 Å². The number of hydrogen-bond acceptors (Lipinski definition) is 5. The summed E-state index contributed by atoms with van der Waals surface area (Å²) in [5.41, 5.74) is 2.17. The Morgan fingerprint density at radius 3 is 2.65 bits per heavy atom. The summed E-state index contributed by atoms with van der Waals surface area (Å²) in [5, 5.41) is 12.1. The van der Waals surface area contributed by atoms with Gasteiger partial charge in [0.1, 0.15) is 13.1 Å². The zero-order chi connectivity index (χ0) is 22.0. The highest BCUT2D eigenvalue weighted by Crippen LogP contribution is 2.34. The highest BCUT2D eigenvalue weighted by Gasteiger charge is 2.36. The van der Waals surface area contributed by atoms with Crippen molar-refractivity contribution >= 4 is 67.4 Å². The van der Waals surface area contributed by atoms with Crippen molar-refractivity contribution in [1.29, 1.82) is 5.26 Å². The van der Waals surface area contributed by atoms with Gasteiger partial charge in [-0.15, -0.1) is 0 Å². The molecule has 7 nitrogen and oxygen atoms in total. The average molecular weight is 495 g/mol. The summed E-state index contributed by atoms with van der Waals surface area (Å²) >= 11 is 4.12. The first-order valence-electron chi connectivity index (χ1n) is 9.22. The molecule has 0 radical (unpaired) electrons. The Bertz CT molecular complexity index is 1270. The van der Waals surface area contributed by atoms with Crippen LogP contribution in [0, 0.1) is 11.3 Å². The largest absolute Gasteiger partial charge is 0.333 e. The lowest BCUT2D eigenvalue weighted by Gasteiger charge is -2.12. The van der Waals surface area contributed by atoms with Gasteiger partial charge >= 0.3 is 0 Å². The second kappa shape index (κ2) is 8.79. The van der Waals surface area contributed by atoms with Gasteiger partial charge in [-0.1, -0.05) is 34.1 Å². The average Bonchev–Trinajstić information content (AvgIpc) is 3.22. The second-order valence-electron chi connectivity index (χ2n) is 6.71. The number of halogens is 1. The Morgan fingerprint density at radius 2 is 1.90 bits per heavy atom. The molecule has 1 saturated heterocycles. The molecular weight excluding hydrogens is 480 g/mol. The van der Waals surface area contributed by atoms with E-state index in [2.05, 4.69) is 27.3 Å². The number of thioether (sulfide) groups is 1. The maximum absolute atomic E-state index is 12.8. The predicted molar refractivity (Wildman–Crippen MR) is 123 cm³/mol. The highest BCUT2D eigenvalue weighted by molar-refractivity contribution is 9.10. The molecule has 0 atom stereocenters. The third-order valence-electron chi connectivity index (χ3n) is 4.65. The number of carbonyl (C=O) groups is 3. The van der Waals surface area contributed by atoms with Gasteiger partial charge in [-0.3, -0.25) is 19.3 Å². The van der Waals surface area contributed by atoms with E-state index in [4.69, 9.17) is 5.26 Å². The van der Waals surface area contributed by atoms with Crippen LogP contribution in [0.4, 0.5) is 10.5 Å². The van der Waals surface area contributed by atoms with Gasteiger partial charge in [-0.2, -0.15) is 5.26 Å². The molecular formula is C22H15BrN4O3S. The van der Waals surface area contributed by atoms with Gasteiger partial charge in [-0.05, 0) is 48.2 Å². The molecule has 0 spiro atoms. The topological polar surface area (TPSA) is 95.2 Å². The van der Waals surface area contributed by atoms with Crippen LogP contribution < -0.4 is 5.32 Å². The summed E-state index contributed by atoms with van der Waals surface area (Å²) in [6.45, 7) is -0.194. The number of fused-ring (bicyclic) bond motifs is 1. The van der Waals surface area contributed by atoms with Gasteiger partial charge in [0.25, 0.3) is 11.1 Å². The molecule has 4 rings (SSSR count). The number of anilines is 1. The smallest absolute Gasteiger partial charge is 0.294 e. The van der Waals surface area contributed by atoms with Crippen LogP contribution in [0.25, 0.3) is 17.0 Å². The molecule has 31 heavy (non-hydrogen) atoms. The maximum Gasteiger partial charge on any atom is 0.294 e. The van der Waals surface area contributed by atoms with Crippen LogP contribution in [-0.2, 0) is 16.1 Å². The van der Waals surface area contributed by atoms with E-state index in [-0.39, 0.29) is 18.0 Å². The number of amides is 3. The molecule has 0 aliphatic carbocycles. The molecule has 3 aromatic rings. The molecule has 2 heterocycles. The summed E-state index contributed by atoms with van der Waals surface area (Å²) < 4.78 is 2.66. The summed E-state index contributed by atoms with van der Waals surface area (Å²) in [5.74, 6) is -0.977. The van der Waals surface area contributed by atoms with Crippen LogP contribution in [0.3, 0.4) is 0 Å². The molecule has 1 aliphatic heterocycles. The van der Waals surface area contributed by atoms with Gasteiger partial charge in [0.15, 0.2) is 0 Å². The zero-order valence-corrected chi connectivity index (χ0v) is 18.4. The summed E-state index contributed by atoms with van der Waals surface area (Å²) in [7, 11) is 0. The summed E-state index contributed by atoms with van der Waals surface area (Å²) in [6.07, 6.45) is 3.41. The fraction of sp³-hybridized carbons (Fsp3) is 0.0909. The first-order chi connectivity index (χ1) is 15.0. The normalized spacial score (nSPS) is 15.0. The quantitative estimate of drug-likeness (QED) is 0.522. The van der Waals surface area contributed by atoms with Crippen molar-refractivity contribution in [1.82, 2.24) is 9.47 Å². The minimum atomic E-state index is -0.516. The summed E-state index contributed by atoms with van der Waals surface area (Å²) in [6, 6.07) is 16.6. The molecule has 1 aromatic heterocycles. The monoisotopic (exact) mass is 494 g/mol. The number of imide groups is 1. The molecule has 1 aliphatic rings. The molecule has 3 amide bonds. The van der Waals surface area contributed by atoms with Crippen molar-refractivity contribution in [2.45, 2.75) is 6.54 Å². The number of carbonyl (C=O) groups excluding carboxylic acids is 3. The van der Waals surface area contributed by atoms with Crippen LogP contribution in [0.15, 0.2) is 64.1 Å². The Labute approximate surface area is 190 Å². The number of nitrogens with zero attached hydrogens (tertiary/aromatic N) is 3. The molecule has 1 N–H and O–H groups in total. The molecule has 0 saturated carbocycles. The van der Waals surface area contributed by atoms with Crippen molar-refractivity contribution in [3.05, 3.63) is 69.7 Å². The van der Waals surface area contributed by atoms with Crippen molar-refractivity contribution in [3.8, 4) is 6.07 Å². The number of aromatic nitrogens is 1. The van der Waals surface area contributed by atoms with E-state index in [1.54, 1.807) is 41.1 Å². The van der Waals surface area contributed by atoms with E-state index in [1.807, 2.05) is 24.3 Å². The van der Waals surface area contributed by atoms with Crippen LogP contribution in [0.5, 0.6) is 0 Å². The van der Waals surface area contributed by atoms with Crippen LogP contribution in [0.2, 0.25) is 0 Å². The van der Waals surface area contributed by atoms with Crippen molar-refractivity contribution in [2.75, 3.05) is 11.9 Å². The van der Waals surface area contributed by atoms with Gasteiger partial charge in [0, 0.05) is 32.8 Å². The standard InChI is InChI=1S/C22H15BrN4O3S/c23-15-5-7-16(8-6-15)25-20(28)13-27-21(29)19(31-22(27)30)11-14-12-26(10-9-24)18-4-2-1-3-17(14)18/h1-8,11-12H,10,13H2,(H,25,28)/b19-11-. The molecule has 9 heteroatoms. The molecule has 0 unspecified atom stereocenters. The number of benzene rings is 2. The Kier molecular flexibility index (Phi) is 5.93. The number of nitrogens with one attached hydrogen (secondary N) is 1. The molecule has 0 bridgehead atoms. The van der Waals surface area contributed by atoms with Crippen molar-refractivity contribution in [3.63, 3.8) is 0 Å². The second-order valence-corrected chi connectivity index (χ2v) is 8.62. The SMILES string of the molecule is N#CCn1cc(/C=C2\SC(=O)N(CC(=O)Nc3ccc(Br)cc3)C2=O)c2ccccc21. The van der Waals surface area contributed by atoms with Crippen LogP contribution >= 0.6 is 27.7 Å². The minimum Gasteiger partial charge on any atom is -0.333 e. The first-order valence-corrected chi connectivity index (χ1v) is 10.8.